The highest BCUT2D eigenvalue weighted by Gasteiger charge is 2.33. The zero-order chi connectivity index (χ0) is 23.5. The first-order valence-corrected chi connectivity index (χ1v) is 11.9. The van der Waals surface area contributed by atoms with Crippen molar-refractivity contribution in [3.63, 3.8) is 0 Å². The SMILES string of the molecule is CNC(=O)c1c(-c2ccc(F)cc2)oc2cc3c(cc12)C(C)n1nnnc1CN3S(C)(=O)=O. The van der Waals surface area contributed by atoms with Crippen LogP contribution in [0.5, 0.6) is 0 Å². The first-order valence-electron chi connectivity index (χ1n) is 10.0. The molecule has 0 radical (unpaired) electrons. The van der Waals surface area contributed by atoms with Gasteiger partial charge in [0.05, 0.1) is 30.1 Å². The Labute approximate surface area is 188 Å². The number of halogens is 1. The molecule has 1 N–H and O–H groups in total. The normalized spacial score (nSPS) is 15.8. The third kappa shape index (κ3) is 3.33. The van der Waals surface area contributed by atoms with Crippen LogP contribution in [0.1, 0.15) is 34.7 Å². The number of amides is 1. The molecule has 0 spiro atoms. The summed E-state index contributed by atoms with van der Waals surface area (Å²) in [6, 6.07) is 8.50. The fourth-order valence-corrected chi connectivity index (χ4v) is 4.98. The van der Waals surface area contributed by atoms with Gasteiger partial charge < -0.3 is 9.73 Å². The number of carbonyl (C=O) groups excluding carboxylic acids is 1. The second-order valence-corrected chi connectivity index (χ2v) is 9.69. The Morgan fingerprint density at radius 1 is 1.24 bits per heavy atom. The Bertz CT molecular complexity index is 1510. The largest absolute Gasteiger partial charge is 0.455 e. The Morgan fingerprint density at radius 3 is 2.64 bits per heavy atom. The molecular formula is C21H19FN6O4S. The highest BCUT2D eigenvalue weighted by molar-refractivity contribution is 7.92. The lowest BCUT2D eigenvalue weighted by atomic mass is 9.99. The molecule has 0 bridgehead atoms. The van der Waals surface area contributed by atoms with Crippen LogP contribution in [0.25, 0.3) is 22.3 Å². The van der Waals surface area contributed by atoms with Crippen LogP contribution in [-0.4, -0.2) is 47.8 Å². The number of fused-ring (bicyclic) bond motifs is 3. The number of benzene rings is 2. The molecule has 4 aromatic rings. The van der Waals surface area contributed by atoms with Crippen molar-refractivity contribution in [2.75, 3.05) is 17.6 Å². The average molecular weight is 470 g/mol. The average Bonchev–Trinajstić information content (AvgIpc) is 3.37. The number of furan rings is 1. The molecule has 1 aliphatic heterocycles. The summed E-state index contributed by atoms with van der Waals surface area (Å²) in [6.07, 6.45) is 1.10. The lowest BCUT2D eigenvalue weighted by Gasteiger charge is -2.22. The van der Waals surface area contributed by atoms with Crippen molar-refractivity contribution in [2.45, 2.75) is 19.5 Å². The summed E-state index contributed by atoms with van der Waals surface area (Å²) in [7, 11) is -2.19. The minimum absolute atomic E-state index is 0.0531. The van der Waals surface area contributed by atoms with E-state index >= 15 is 0 Å². The molecular weight excluding hydrogens is 451 g/mol. The Kier molecular flexibility index (Phi) is 4.71. The number of aromatic nitrogens is 4. The van der Waals surface area contributed by atoms with E-state index < -0.39 is 27.8 Å². The summed E-state index contributed by atoms with van der Waals surface area (Å²) >= 11 is 0. The van der Waals surface area contributed by atoms with Crippen molar-refractivity contribution < 1.29 is 22.0 Å². The van der Waals surface area contributed by atoms with Gasteiger partial charge in [-0.1, -0.05) is 0 Å². The standard InChI is InChI=1S/C21H19FN6O4S/c1-11-14-8-15-17(9-16(14)27(33(3,30)31)10-18-24-25-26-28(11)18)32-20(19(15)21(29)23-2)12-4-6-13(22)7-5-12/h4-9,11H,10H2,1-3H3,(H,23,29). The first kappa shape index (κ1) is 21.1. The molecule has 10 nitrogen and oxygen atoms in total. The van der Waals surface area contributed by atoms with Crippen LogP contribution in [-0.2, 0) is 16.6 Å². The molecule has 0 saturated carbocycles. The zero-order valence-electron chi connectivity index (χ0n) is 17.9. The van der Waals surface area contributed by atoms with Gasteiger partial charge in [0.25, 0.3) is 5.91 Å². The van der Waals surface area contributed by atoms with E-state index in [0.29, 0.717) is 33.6 Å². The van der Waals surface area contributed by atoms with E-state index in [0.717, 1.165) is 6.26 Å². The van der Waals surface area contributed by atoms with Gasteiger partial charge in [-0.2, -0.15) is 0 Å². The van der Waals surface area contributed by atoms with Crippen molar-refractivity contribution >= 4 is 32.6 Å². The molecule has 0 saturated heterocycles. The van der Waals surface area contributed by atoms with Gasteiger partial charge in [-0.25, -0.2) is 17.5 Å². The molecule has 1 atom stereocenters. The summed E-state index contributed by atoms with van der Waals surface area (Å²) < 4.78 is 47.6. The van der Waals surface area contributed by atoms with Gasteiger partial charge in [0, 0.05) is 29.6 Å². The maximum Gasteiger partial charge on any atom is 0.255 e. The van der Waals surface area contributed by atoms with Crippen LogP contribution in [0.2, 0.25) is 0 Å². The maximum absolute atomic E-state index is 13.5. The van der Waals surface area contributed by atoms with Crippen molar-refractivity contribution in [3.8, 4) is 11.3 Å². The van der Waals surface area contributed by atoms with E-state index in [1.165, 1.54) is 35.6 Å². The van der Waals surface area contributed by atoms with Gasteiger partial charge in [-0.15, -0.1) is 5.10 Å². The van der Waals surface area contributed by atoms with Crippen molar-refractivity contribution in [1.82, 2.24) is 25.5 Å². The van der Waals surface area contributed by atoms with Crippen LogP contribution in [0.4, 0.5) is 10.1 Å². The smallest absolute Gasteiger partial charge is 0.255 e. The molecule has 1 amide bonds. The van der Waals surface area contributed by atoms with Crippen molar-refractivity contribution in [1.29, 1.82) is 0 Å². The molecule has 3 heterocycles. The summed E-state index contributed by atoms with van der Waals surface area (Å²) in [5, 5.41) is 14.8. The highest BCUT2D eigenvalue weighted by atomic mass is 32.2. The van der Waals surface area contributed by atoms with Crippen LogP contribution < -0.4 is 9.62 Å². The van der Waals surface area contributed by atoms with Crippen LogP contribution in [0.3, 0.4) is 0 Å². The predicted octanol–water partition coefficient (Wildman–Crippen LogP) is 2.47. The van der Waals surface area contributed by atoms with Gasteiger partial charge >= 0.3 is 0 Å². The fraction of sp³-hybridized carbons (Fsp3) is 0.238. The van der Waals surface area contributed by atoms with Gasteiger partial charge in [0.15, 0.2) is 5.82 Å². The van der Waals surface area contributed by atoms with Gasteiger partial charge in [-0.3, -0.25) is 9.10 Å². The summed E-state index contributed by atoms with van der Waals surface area (Å²) in [5.74, 6) is -0.166. The van der Waals surface area contributed by atoms with Gasteiger partial charge in [-0.05, 0) is 47.7 Å². The van der Waals surface area contributed by atoms with E-state index in [4.69, 9.17) is 4.42 Å². The second kappa shape index (κ2) is 7.37. The quantitative estimate of drug-likeness (QED) is 0.488. The van der Waals surface area contributed by atoms with E-state index in [-0.39, 0.29) is 17.9 Å². The third-order valence-electron chi connectivity index (χ3n) is 5.73. The zero-order valence-corrected chi connectivity index (χ0v) is 18.7. The van der Waals surface area contributed by atoms with Crippen LogP contribution >= 0.6 is 0 Å². The predicted molar refractivity (Wildman–Crippen MR) is 118 cm³/mol. The molecule has 5 rings (SSSR count). The van der Waals surface area contributed by atoms with E-state index in [1.807, 2.05) is 6.92 Å². The molecule has 2 aromatic carbocycles. The monoisotopic (exact) mass is 470 g/mol. The van der Waals surface area contributed by atoms with Crippen LogP contribution in [0, 0.1) is 5.82 Å². The molecule has 33 heavy (non-hydrogen) atoms. The first-order chi connectivity index (χ1) is 15.7. The number of nitrogens with one attached hydrogen (secondary N) is 1. The molecule has 1 unspecified atom stereocenters. The molecule has 170 valence electrons. The number of rotatable bonds is 3. The number of tetrazole rings is 1. The van der Waals surface area contributed by atoms with Crippen LogP contribution in [0.15, 0.2) is 40.8 Å². The van der Waals surface area contributed by atoms with E-state index in [9.17, 15) is 17.6 Å². The molecule has 0 aliphatic carbocycles. The summed E-state index contributed by atoms with van der Waals surface area (Å²) in [5.41, 5.74) is 2.10. The highest BCUT2D eigenvalue weighted by Crippen LogP contribution is 2.42. The molecule has 0 fully saturated rings. The maximum atomic E-state index is 13.5. The summed E-state index contributed by atoms with van der Waals surface area (Å²) in [6.45, 7) is 1.79. The van der Waals surface area contributed by atoms with Crippen molar-refractivity contribution in [3.05, 3.63) is 59.2 Å². The Balaban J connectivity index is 1.83. The third-order valence-corrected chi connectivity index (χ3v) is 6.86. The number of hydrogen-bond donors (Lipinski definition) is 1. The molecule has 1 aliphatic rings. The minimum Gasteiger partial charge on any atom is -0.455 e. The van der Waals surface area contributed by atoms with E-state index in [2.05, 4.69) is 20.8 Å². The van der Waals surface area contributed by atoms with Gasteiger partial charge in [0.2, 0.25) is 10.0 Å². The topological polar surface area (TPSA) is 123 Å². The van der Waals surface area contributed by atoms with Crippen molar-refractivity contribution in [2.24, 2.45) is 0 Å². The van der Waals surface area contributed by atoms with E-state index in [1.54, 1.807) is 16.8 Å². The minimum atomic E-state index is -3.69. The number of nitrogens with zero attached hydrogens (tertiary/aromatic N) is 5. The second-order valence-electron chi connectivity index (χ2n) is 7.78. The lowest BCUT2D eigenvalue weighted by molar-refractivity contribution is 0.0964. The fourth-order valence-electron chi connectivity index (χ4n) is 4.11. The Hall–Kier alpha value is -3.80. The number of sulfonamides is 1. The molecule has 12 heteroatoms. The van der Waals surface area contributed by atoms with Gasteiger partial charge in [0.1, 0.15) is 17.2 Å². The Morgan fingerprint density at radius 2 is 1.97 bits per heavy atom. The molecule has 2 aromatic heterocycles. The number of hydrogen-bond acceptors (Lipinski definition) is 7. The summed E-state index contributed by atoms with van der Waals surface area (Å²) in [4.78, 5) is 12.9. The lowest BCUT2D eigenvalue weighted by Crippen LogP contribution is -2.29. The number of anilines is 1. The number of carbonyl (C=O) groups is 1.